The highest BCUT2D eigenvalue weighted by molar-refractivity contribution is 5.94. The van der Waals surface area contributed by atoms with E-state index in [2.05, 4.69) is 10.3 Å². The third kappa shape index (κ3) is 2.87. The number of carbonyl (C=O) groups is 1. The van der Waals surface area contributed by atoms with Gasteiger partial charge < -0.3 is 5.32 Å². The van der Waals surface area contributed by atoms with Gasteiger partial charge in [-0.05, 0) is 0 Å². The summed E-state index contributed by atoms with van der Waals surface area (Å²) in [6, 6.07) is 0. The number of nitrogens with one attached hydrogen (secondary N) is 1. The van der Waals surface area contributed by atoms with Gasteiger partial charge in [-0.1, -0.05) is 0 Å². The van der Waals surface area contributed by atoms with E-state index in [9.17, 15) is 4.79 Å². The first-order valence-electron chi connectivity index (χ1n) is 2.36. The van der Waals surface area contributed by atoms with Crippen LogP contribution in [0, 0.1) is 0 Å². The number of aliphatic imine (C=N–C) groups is 1. The molecule has 0 aromatic rings. The molecule has 0 bridgehead atoms. The van der Waals surface area contributed by atoms with Gasteiger partial charge in [0.15, 0.2) is 0 Å². The number of nitrogens with zero attached hydrogens (tertiary/aromatic N) is 1. The first kappa shape index (κ1) is 8.17. The zero-order chi connectivity index (χ0) is 5.82. The van der Waals surface area contributed by atoms with Gasteiger partial charge in [-0.3, -0.25) is 4.79 Å². The minimum absolute atomic E-state index is 0. The van der Waals surface area contributed by atoms with Gasteiger partial charge in [0.2, 0.25) is 0 Å². The minimum atomic E-state index is -0.199. The zero-order valence-electron chi connectivity index (χ0n) is 4.70. The quantitative estimate of drug-likeness (QED) is 0.528. The third-order valence-corrected chi connectivity index (χ3v) is 0.771. The molecular formula is C5H7ClN2O. The fraction of sp³-hybridized carbons (Fsp3) is 0.200. The Labute approximate surface area is 59.3 Å². The SMILES string of the molecule is Cl.O=C1C=CNCC=N1. The Bertz CT molecular complexity index is 137. The first-order chi connectivity index (χ1) is 3.89. The summed E-state index contributed by atoms with van der Waals surface area (Å²) >= 11 is 0. The average molecular weight is 147 g/mol. The molecular weight excluding hydrogens is 140 g/mol. The molecule has 0 radical (unpaired) electrons. The van der Waals surface area contributed by atoms with E-state index >= 15 is 0 Å². The van der Waals surface area contributed by atoms with Crippen molar-refractivity contribution in [3.63, 3.8) is 0 Å². The third-order valence-electron chi connectivity index (χ3n) is 0.771. The summed E-state index contributed by atoms with van der Waals surface area (Å²) in [6.07, 6.45) is 4.53. The Hall–Kier alpha value is -0.830. The lowest BCUT2D eigenvalue weighted by molar-refractivity contribution is -0.113. The van der Waals surface area contributed by atoms with Crippen LogP contribution in [-0.4, -0.2) is 18.7 Å². The second-order valence-electron chi connectivity index (χ2n) is 1.39. The summed E-state index contributed by atoms with van der Waals surface area (Å²) in [6.45, 7) is 0.641. The van der Waals surface area contributed by atoms with Crippen molar-refractivity contribution in [3.05, 3.63) is 12.3 Å². The van der Waals surface area contributed by atoms with Crippen LogP contribution in [0.5, 0.6) is 0 Å². The molecule has 0 saturated carbocycles. The second kappa shape index (κ2) is 4.09. The normalized spacial score (nSPS) is 15.8. The fourth-order valence-electron chi connectivity index (χ4n) is 0.430. The van der Waals surface area contributed by atoms with Crippen molar-refractivity contribution in [2.45, 2.75) is 0 Å². The van der Waals surface area contributed by atoms with Crippen LogP contribution in [0.3, 0.4) is 0 Å². The molecule has 0 aliphatic carbocycles. The monoisotopic (exact) mass is 146 g/mol. The maximum absolute atomic E-state index is 10.4. The lowest BCUT2D eigenvalue weighted by Gasteiger charge is -1.83. The van der Waals surface area contributed by atoms with Gasteiger partial charge >= 0.3 is 0 Å². The zero-order valence-corrected chi connectivity index (χ0v) is 5.52. The highest BCUT2D eigenvalue weighted by atomic mass is 35.5. The number of carbonyl (C=O) groups excluding carboxylic acids is 1. The summed E-state index contributed by atoms with van der Waals surface area (Å²) in [7, 11) is 0. The van der Waals surface area contributed by atoms with Crippen LogP contribution in [0.4, 0.5) is 0 Å². The lowest BCUT2D eigenvalue weighted by Crippen LogP contribution is -2.05. The predicted molar refractivity (Wildman–Crippen MR) is 37.9 cm³/mol. The van der Waals surface area contributed by atoms with Gasteiger partial charge in [0.1, 0.15) is 0 Å². The Morgan fingerprint density at radius 2 is 2.44 bits per heavy atom. The van der Waals surface area contributed by atoms with Gasteiger partial charge in [-0.2, -0.15) is 0 Å². The molecule has 0 aromatic carbocycles. The maximum atomic E-state index is 10.4. The Morgan fingerprint density at radius 1 is 1.67 bits per heavy atom. The molecule has 0 saturated heterocycles. The smallest absolute Gasteiger partial charge is 0.270 e. The van der Waals surface area contributed by atoms with E-state index in [1.807, 2.05) is 0 Å². The van der Waals surface area contributed by atoms with Crippen molar-refractivity contribution in [3.8, 4) is 0 Å². The summed E-state index contributed by atoms with van der Waals surface area (Å²) in [4.78, 5) is 13.9. The summed E-state index contributed by atoms with van der Waals surface area (Å²) in [5, 5.41) is 2.83. The second-order valence-corrected chi connectivity index (χ2v) is 1.39. The molecule has 0 aromatic heterocycles. The molecule has 0 spiro atoms. The van der Waals surface area contributed by atoms with Crippen LogP contribution in [0.25, 0.3) is 0 Å². The maximum Gasteiger partial charge on any atom is 0.270 e. The van der Waals surface area contributed by atoms with Crippen LogP contribution < -0.4 is 5.32 Å². The minimum Gasteiger partial charge on any atom is -0.386 e. The van der Waals surface area contributed by atoms with E-state index < -0.39 is 0 Å². The summed E-state index contributed by atoms with van der Waals surface area (Å²) in [5.41, 5.74) is 0. The summed E-state index contributed by atoms with van der Waals surface area (Å²) in [5.74, 6) is -0.199. The number of hydrogen-bond donors (Lipinski definition) is 1. The molecule has 4 heteroatoms. The Morgan fingerprint density at radius 3 is 3.22 bits per heavy atom. The molecule has 0 unspecified atom stereocenters. The van der Waals surface area contributed by atoms with E-state index in [1.165, 1.54) is 6.08 Å². The Kier molecular flexibility index (Phi) is 3.71. The molecule has 1 rings (SSSR count). The number of hydrogen-bond acceptors (Lipinski definition) is 2. The topological polar surface area (TPSA) is 41.5 Å². The highest BCUT2D eigenvalue weighted by Crippen LogP contribution is 1.78. The van der Waals surface area contributed by atoms with Crippen molar-refractivity contribution < 1.29 is 4.79 Å². The molecule has 1 heterocycles. The van der Waals surface area contributed by atoms with Crippen molar-refractivity contribution in [2.24, 2.45) is 4.99 Å². The van der Waals surface area contributed by atoms with Gasteiger partial charge in [0.25, 0.3) is 5.91 Å². The number of amides is 1. The van der Waals surface area contributed by atoms with Crippen LogP contribution in [-0.2, 0) is 4.79 Å². The van der Waals surface area contributed by atoms with Crippen LogP contribution >= 0.6 is 12.4 Å². The van der Waals surface area contributed by atoms with Gasteiger partial charge in [-0.25, -0.2) is 4.99 Å². The molecule has 3 nitrogen and oxygen atoms in total. The average Bonchev–Trinajstić information content (AvgIpc) is 1.94. The molecule has 1 aliphatic heterocycles. The highest BCUT2D eigenvalue weighted by Gasteiger charge is 1.90. The van der Waals surface area contributed by atoms with Crippen LogP contribution in [0.1, 0.15) is 0 Å². The molecule has 9 heavy (non-hydrogen) atoms. The first-order valence-corrected chi connectivity index (χ1v) is 2.36. The van der Waals surface area contributed by atoms with Gasteiger partial charge in [-0.15, -0.1) is 12.4 Å². The number of halogens is 1. The number of rotatable bonds is 0. The molecule has 50 valence electrons. The lowest BCUT2D eigenvalue weighted by atomic mass is 10.6. The summed E-state index contributed by atoms with van der Waals surface area (Å²) < 4.78 is 0. The van der Waals surface area contributed by atoms with E-state index in [0.29, 0.717) is 6.54 Å². The Balaban J connectivity index is 0.000000640. The van der Waals surface area contributed by atoms with Crippen LogP contribution in [0.15, 0.2) is 17.3 Å². The fourth-order valence-corrected chi connectivity index (χ4v) is 0.430. The van der Waals surface area contributed by atoms with Gasteiger partial charge in [0, 0.05) is 25.0 Å². The molecule has 1 aliphatic rings. The van der Waals surface area contributed by atoms with E-state index in [1.54, 1.807) is 12.4 Å². The van der Waals surface area contributed by atoms with E-state index in [4.69, 9.17) is 0 Å². The largest absolute Gasteiger partial charge is 0.386 e. The van der Waals surface area contributed by atoms with Crippen molar-refractivity contribution >= 4 is 24.5 Å². The standard InChI is InChI=1S/C5H6N2O.ClH/c8-5-1-2-6-3-4-7-5;/h1-2,4,6H,3H2;1H. The van der Waals surface area contributed by atoms with Crippen LogP contribution in [0.2, 0.25) is 0 Å². The molecule has 0 fully saturated rings. The molecule has 1 N–H and O–H groups in total. The van der Waals surface area contributed by atoms with Crippen molar-refractivity contribution in [1.82, 2.24) is 5.32 Å². The predicted octanol–water partition coefficient (Wildman–Crippen LogP) is 0.122. The van der Waals surface area contributed by atoms with Crippen molar-refractivity contribution in [1.29, 1.82) is 0 Å². The van der Waals surface area contributed by atoms with Crippen molar-refractivity contribution in [2.75, 3.05) is 6.54 Å². The van der Waals surface area contributed by atoms with Gasteiger partial charge in [0.05, 0.1) is 0 Å². The van der Waals surface area contributed by atoms with E-state index in [-0.39, 0.29) is 18.3 Å². The van der Waals surface area contributed by atoms with E-state index in [0.717, 1.165) is 0 Å². The molecule has 0 atom stereocenters. The molecule has 1 amide bonds.